The summed E-state index contributed by atoms with van der Waals surface area (Å²) in [5.41, 5.74) is -0.580. The quantitative estimate of drug-likeness (QED) is 0.773. The highest BCUT2D eigenvalue weighted by molar-refractivity contribution is 5.80. The molecular weight excluding hydrogens is 304 g/mol. The van der Waals surface area contributed by atoms with Crippen LogP contribution in [0.2, 0.25) is 0 Å². The van der Waals surface area contributed by atoms with E-state index in [0.29, 0.717) is 32.1 Å². The van der Waals surface area contributed by atoms with Crippen molar-refractivity contribution in [1.29, 1.82) is 0 Å². The van der Waals surface area contributed by atoms with Crippen molar-refractivity contribution in [3.05, 3.63) is 12.2 Å². The van der Waals surface area contributed by atoms with E-state index in [1.54, 1.807) is 0 Å². The molecule has 0 amide bonds. The van der Waals surface area contributed by atoms with Gasteiger partial charge in [0.2, 0.25) is 0 Å². The molecule has 136 valence electrons. The summed E-state index contributed by atoms with van der Waals surface area (Å²) in [6.45, 7) is 12.2. The Morgan fingerprint density at radius 1 is 1.38 bits per heavy atom. The minimum absolute atomic E-state index is 0.0137. The Bertz CT molecular complexity index is 570. The van der Waals surface area contributed by atoms with Crippen LogP contribution in [0.4, 0.5) is 0 Å². The van der Waals surface area contributed by atoms with Crippen molar-refractivity contribution in [2.45, 2.75) is 90.1 Å². The average molecular weight is 336 g/mol. The van der Waals surface area contributed by atoms with Crippen LogP contribution in [0.25, 0.3) is 0 Å². The molecule has 3 rings (SSSR count). The molecular formula is C20H32O4. The third-order valence-corrected chi connectivity index (χ3v) is 7.42. The average Bonchev–Trinajstić information content (AvgIpc) is 2.72. The van der Waals surface area contributed by atoms with Gasteiger partial charge in [-0.2, -0.15) is 0 Å². The van der Waals surface area contributed by atoms with E-state index in [9.17, 15) is 15.0 Å². The maximum atomic E-state index is 12.1. The monoisotopic (exact) mass is 336 g/mol. The topological polar surface area (TPSA) is 66.8 Å². The smallest absolute Gasteiger partial charge is 0.172 e. The maximum Gasteiger partial charge on any atom is 0.172 e. The van der Waals surface area contributed by atoms with E-state index in [-0.39, 0.29) is 11.7 Å². The van der Waals surface area contributed by atoms with Crippen molar-refractivity contribution in [3.8, 4) is 0 Å². The van der Waals surface area contributed by atoms with Crippen LogP contribution < -0.4 is 0 Å². The van der Waals surface area contributed by atoms with Crippen molar-refractivity contribution in [3.63, 3.8) is 0 Å². The molecule has 0 aromatic heterocycles. The molecule has 4 heteroatoms. The number of Topliss-reactive ketones (excluding diaryl/α,β-unsaturated/α-hetero) is 1. The van der Waals surface area contributed by atoms with Crippen LogP contribution in [-0.2, 0) is 9.53 Å². The molecule has 5 atom stereocenters. The molecule has 0 radical (unpaired) electrons. The number of rotatable bonds is 4. The van der Waals surface area contributed by atoms with E-state index in [0.717, 1.165) is 18.4 Å². The largest absolute Gasteiger partial charge is 0.392 e. The van der Waals surface area contributed by atoms with E-state index < -0.39 is 28.3 Å². The van der Waals surface area contributed by atoms with Crippen LogP contribution in [-0.4, -0.2) is 33.5 Å². The first-order valence-corrected chi connectivity index (χ1v) is 9.31. The van der Waals surface area contributed by atoms with Gasteiger partial charge >= 0.3 is 0 Å². The third kappa shape index (κ3) is 2.19. The van der Waals surface area contributed by atoms with Crippen molar-refractivity contribution in [1.82, 2.24) is 0 Å². The zero-order chi connectivity index (χ0) is 18.0. The second-order valence-corrected chi connectivity index (χ2v) is 9.15. The van der Waals surface area contributed by atoms with E-state index in [1.807, 2.05) is 20.8 Å². The first-order valence-electron chi connectivity index (χ1n) is 9.31. The Hall–Kier alpha value is -0.710. The number of ether oxygens (including phenoxy) is 1. The summed E-state index contributed by atoms with van der Waals surface area (Å²) >= 11 is 0. The Kier molecular flexibility index (Phi) is 4.06. The highest BCUT2D eigenvalue weighted by Gasteiger charge is 2.73. The lowest BCUT2D eigenvalue weighted by Gasteiger charge is -2.56. The van der Waals surface area contributed by atoms with Gasteiger partial charge < -0.3 is 14.9 Å². The first kappa shape index (κ1) is 18.1. The standard InChI is InChI=1S/C20H32O4/c1-13(2)15(21)8-9-17(4)12-19-14(3)6-7-16(22)18(19,5)10-11-20(17,23)24-19/h13,16,22-23H,3,6-12H2,1-2,4-5H3/t16-,17-,18-,19+,20-/m1/s1. The van der Waals surface area contributed by atoms with Crippen LogP contribution in [0.1, 0.15) is 72.6 Å². The van der Waals surface area contributed by atoms with Crippen molar-refractivity contribution in [2.24, 2.45) is 16.7 Å². The number of carbonyl (C=O) groups is 1. The van der Waals surface area contributed by atoms with Gasteiger partial charge in [-0.05, 0) is 37.7 Å². The van der Waals surface area contributed by atoms with Crippen LogP contribution in [0.5, 0.6) is 0 Å². The van der Waals surface area contributed by atoms with Crippen molar-refractivity contribution >= 4 is 5.78 Å². The molecule has 0 aromatic rings. The van der Waals surface area contributed by atoms with Crippen molar-refractivity contribution < 1.29 is 19.7 Å². The Balaban J connectivity index is 1.93. The van der Waals surface area contributed by atoms with Gasteiger partial charge in [0.25, 0.3) is 0 Å². The normalized spacial score (nSPS) is 47.8. The summed E-state index contributed by atoms with van der Waals surface area (Å²) in [7, 11) is 0. The summed E-state index contributed by atoms with van der Waals surface area (Å²) in [5, 5.41) is 22.0. The molecule has 0 unspecified atom stereocenters. The zero-order valence-corrected chi connectivity index (χ0v) is 15.5. The molecule has 24 heavy (non-hydrogen) atoms. The van der Waals surface area contributed by atoms with Gasteiger partial charge in [0, 0.05) is 29.6 Å². The highest BCUT2D eigenvalue weighted by Crippen LogP contribution is 2.69. The fourth-order valence-electron chi connectivity index (χ4n) is 5.28. The van der Waals surface area contributed by atoms with E-state index in [1.165, 1.54) is 0 Å². The van der Waals surface area contributed by atoms with Gasteiger partial charge in [0.05, 0.1) is 6.10 Å². The molecule has 1 saturated carbocycles. The fourth-order valence-corrected chi connectivity index (χ4v) is 5.28. The number of fused-ring (bicyclic) bond motifs is 1. The Labute approximate surface area is 145 Å². The second kappa shape index (κ2) is 5.39. The molecule has 2 bridgehead atoms. The minimum Gasteiger partial charge on any atom is -0.392 e. The van der Waals surface area contributed by atoms with Crippen LogP contribution in [0.15, 0.2) is 12.2 Å². The maximum absolute atomic E-state index is 12.1. The van der Waals surface area contributed by atoms with Crippen molar-refractivity contribution in [2.75, 3.05) is 0 Å². The van der Waals surface area contributed by atoms with Gasteiger partial charge in [-0.1, -0.05) is 34.3 Å². The molecule has 2 saturated heterocycles. The van der Waals surface area contributed by atoms with Gasteiger partial charge in [-0.3, -0.25) is 4.79 Å². The molecule has 2 heterocycles. The molecule has 0 aromatic carbocycles. The van der Waals surface area contributed by atoms with Gasteiger partial charge in [0.1, 0.15) is 11.4 Å². The molecule has 2 N–H and O–H groups in total. The first-order chi connectivity index (χ1) is 11.0. The molecule has 3 aliphatic rings. The number of ketones is 1. The number of aliphatic hydroxyl groups is 2. The van der Waals surface area contributed by atoms with Gasteiger partial charge in [0.15, 0.2) is 5.79 Å². The van der Waals surface area contributed by atoms with E-state index in [2.05, 4.69) is 13.5 Å². The second-order valence-electron chi connectivity index (χ2n) is 9.15. The number of hydrogen-bond donors (Lipinski definition) is 2. The number of hydrogen-bond acceptors (Lipinski definition) is 4. The SMILES string of the molecule is C=C1CC[C@@H](O)[C@@]2(C)CC[C@@]3(O)O[C@@]12C[C@@]3(C)CCC(=O)C(C)C. The van der Waals surface area contributed by atoms with E-state index >= 15 is 0 Å². The molecule has 4 nitrogen and oxygen atoms in total. The molecule has 1 aliphatic carbocycles. The predicted molar refractivity (Wildman–Crippen MR) is 92.3 cm³/mol. The predicted octanol–water partition coefficient (Wildman–Crippen LogP) is 3.36. The van der Waals surface area contributed by atoms with Crippen LogP contribution in [0.3, 0.4) is 0 Å². The zero-order valence-electron chi connectivity index (χ0n) is 15.5. The summed E-state index contributed by atoms with van der Waals surface area (Å²) in [6, 6.07) is 0. The molecule has 1 spiro atoms. The third-order valence-electron chi connectivity index (χ3n) is 7.42. The van der Waals surface area contributed by atoms with Crippen LogP contribution >= 0.6 is 0 Å². The van der Waals surface area contributed by atoms with Crippen LogP contribution in [0, 0.1) is 16.7 Å². The summed E-state index contributed by atoms with van der Waals surface area (Å²) in [5.74, 6) is -0.993. The lowest BCUT2D eigenvalue weighted by Crippen LogP contribution is -2.61. The summed E-state index contributed by atoms with van der Waals surface area (Å²) in [4.78, 5) is 12.1. The van der Waals surface area contributed by atoms with Gasteiger partial charge in [-0.15, -0.1) is 0 Å². The molecule has 2 aliphatic heterocycles. The Morgan fingerprint density at radius 3 is 2.67 bits per heavy atom. The van der Waals surface area contributed by atoms with E-state index in [4.69, 9.17) is 4.74 Å². The van der Waals surface area contributed by atoms with Gasteiger partial charge in [-0.25, -0.2) is 0 Å². The fraction of sp³-hybridized carbons (Fsp3) is 0.850. The number of carbonyl (C=O) groups excluding carboxylic acids is 1. The minimum atomic E-state index is -1.23. The summed E-state index contributed by atoms with van der Waals surface area (Å²) < 4.78 is 6.36. The lowest BCUT2D eigenvalue weighted by atomic mass is 9.57. The summed E-state index contributed by atoms with van der Waals surface area (Å²) in [6.07, 6.45) is 3.93. The Morgan fingerprint density at radius 2 is 2.04 bits per heavy atom. The lowest BCUT2D eigenvalue weighted by molar-refractivity contribution is -0.314. The molecule has 3 fully saturated rings. The highest BCUT2D eigenvalue weighted by atomic mass is 16.7. The number of aliphatic hydroxyl groups excluding tert-OH is 1.